The highest BCUT2D eigenvalue weighted by molar-refractivity contribution is 7.89. The smallest absolute Gasteiger partial charge is 0.243 e. The summed E-state index contributed by atoms with van der Waals surface area (Å²) in [5.74, 6) is -0.328. The summed E-state index contributed by atoms with van der Waals surface area (Å²) in [6.45, 7) is 1.84. The third kappa shape index (κ3) is 3.39. The molecule has 0 saturated heterocycles. The number of halogens is 1. The average molecular weight is 283 g/mol. The predicted octanol–water partition coefficient (Wildman–Crippen LogP) is 1.38. The number of benzene rings is 1. The third-order valence-corrected chi connectivity index (χ3v) is 4.24. The molecule has 0 saturated carbocycles. The van der Waals surface area contributed by atoms with Crippen LogP contribution in [0.1, 0.15) is 11.3 Å². The molecule has 0 amide bonds. The SMILES string of the molecule is Cc1[nH]ncc1S(=O)(=O)NCCc1cccc(F)c1. The molecule has 102 valence electrons. The summed E-state index contributed by atoms with van der Waals surface area (Å²) in [6, 6.07) is 6.08. The molecule has 0 aliphatic carbocycles. The van der Waals surface area contributed by atoms with Crippen LogP contribution in [0.15, 0.2) is 35.4 Å². The van der Waals surface area contributed by atoms with Crippen molar-refractivity contribution >= 4 is 10.0 Å². The molecule has 0 radical (unpaired) electrons. The molecule has 0 bridgehead atoms. The number of rotatable bonds is 5. The van der Waals surface area contributed by atoms with Gasteiger partial charge in [-0.2, -0.15) is 5.10 Å². The first kappa shape index (κ1) is 13.7. The van der Waals surface area contributed by atoms with Gasteiger partial charge in [-0.1, -0.05) is 12.1 Å². The molecule has 1 aromatic carbocycles. The minimum Gasteiger partial charge on any atom is -0.281 e. The zero-order chi connectivity index (χ0) is 13.9. The van der Waals surface area contributed by atoms with Gasteiger partial charge in [-0.25, -0.2) is 17.5 Å². The van der Waals surface area contributed by atoms with Gasteiger partial charge in [-0.05, 0) is 31.0 Å². The van der Waals surface area contributed by atoms with E-state index in [0.29, 0.717) is 12.1 Å². The van der Waals surface area contributed by atoms with Crippen LogP contribution in [-0.2, 0) is 16.4 Å². The van der Waals surface area contributed by atoms with Crippen molar-refractivity contribution in [2.75, 3.05) is 6.54 Å². The lowest BCUT2D eigenvalue weighted by molar-refractivity contribution is 0.581. The Balaban J connectivity index is 1.98. The maximum Gasteiger partial charge on any atom is 0.243 e. The van der Waals surface area contributed by atoms with E-state index >= 15 is 0 Å². The minimum absolute atomic E-state index is 0.131. The van der Waals surface area contributed by atoms with Crippen LogP contribution < -0.4 is 4.72 Å². The average Bonchev–Trinajstić information content (AvgIpc) is 2.76. The van der Waals surface area contributed by atoms with Gasteiger partial charge in [-0.15, -0.1) is 0 Å². The molecule has 2 aromatic rings. The van der Waals surface area contributed by atoms with Gasteiger partial charge in [0.15, 0.2) is 0 Å². The summed E-state index contributed by atoms with van der Waals surface area (Å²) in [5, 5.41) is 6.24. The molecular formula is C12H14FN3O2S. The molecule has 1 aromatic heterocycles. The molecule has 0 atom stereocenters. The van der Waals surface area contributed by atoms with Crippen molar-refractivity contribution in [1.29, 1.82) is 0 Å². The Bertz CT molecular complexity index is 667. The summed E-state index contributed by atoms with van der Waals surface area (Å²) < 4.78 is 39.3. The Labute approximate surface area is 110 Å². The van der Waals surface area contributed by atoms with Crippen LogP contribution in [0.3, 0.4) is 0 Å². The Morgan fingerprint density at radius 1 is 1.42 bits per heavy atom. The van der Waals surface area contributed by atoms with E-state index in [2.05, 4.69) is 14.9 Å². The maximum atomic E-state index is 13.0. The van der Waals surface area contributed by atoms with Gasteiger partial charge in [0.1, 0.15) is 10.7 Å². The molecule has 0 spiro atoms. The second-order valence-electron chi connectivity index (χ2n) is 4.14. The van der Waals surface area contributed by atoms with Crippen molar-refractivity contribution in [1.82, 2.24) is 14.9 Å². The van der Waals surface area contributed by atoms with Gasteiger partial charge in [0, 0.05) is 6.54 Å². The lowest BCUT2D eigenvalue weighted by Gasteiger charge is -2.06. The van der Waals surface area contributed by atoms with E-state index < -0.39 is 10.0 Å². The van der Waals surface area contributed by atoms with E-state index in [4.69, 9.17) is 0 Å². The summed E-state index contributed by atoms with van der Waals surface area (Å²) in [7, 11) is -3.57. The number of aryl methyl sites for hydroxylation is 1. The van der Waals surface area contributed by atoms with E-state index in [1.54, 1.807) is 19.1 Å². The molecule has 0 aliphatic rings. The predicted molar refractivity (Wildman–Crippen MR) is 68.6 cm³/mol. The maximum absolute atomic E-state index is 13.0. The van der Waals surface area contributed by atoms with E-state index in [9.17, 15) is 12.8 Å². The first-order valence-corrected chi connectivity index (χ1v) is 7.21. The first-order valence-electron chi connectivity index (χ1n) is 5.73. The van der Waals surface area contributed by atoms with Gasteiger partial charge < -0.3 is 0 Å². The number of nitrogens with one attached hydrogen (secondary N) is 2. The number of sulfonamides is 1. The summed E-state index contributed by atoms with van der Waals surface area (Å²) in [4.78, 5) is 0.131. The molecule has 5 nitrogen and oxygen atoms in total. The Morgan fingerprint density at radius 3 is 2.84 bits per heavy atom. The van der Waals surface area contributed by atoms with Crippen molar-refractivity contribution in [3.63, 3.8) is 0 Å². The van der Waals surface area contributed by atoms with Crippen molar-refractivity contribution in [2.24, 2.45) is 0 Å². The topological polar surface area (TPSA) is 74.8 Å². The molecule has 2 rings (SSSR count). The van der Waals surface area contributed by atoms with Crippen LogP contribution >= 0.6 is 0 Å². The van der Waals surface area contributed by atoms with Crippen molar-refractivity contribution in [2.45, 2.75) is 18.2 Å². The fraction of sp³-hybridized carbons (Fsp3) is 0.250. The monoisotopic (exact) mass is 283 g/mol. The number of aromatic amines is 1. The highest BCUT2D eigenvalue weighted by Crippen LogP contribution is 2.11. The van der Waals surface area contributed by atoms with Gasteiger partial charge in [0.25, 0.3) is 0 Å². The molecule has 0 unspecified atom stereocenters. The van der Waals surface area contributed by atoms with Crippen molar-refractivity contribution in [3.05, 3.63) is 47.5 Å². The summed E-state index contributed by atoms with van der Waals surface area (Å²) in [6.07, 6.45) is 1.69. The van der Waals surface area contributed by atoms with Crippen LogP contribution in [0.25, 0.3) is 0 Å². The van der Waals surface area contributed by atoms with Gasteiger partial charge in [-0.3, -0.25) is 5.10 Å². The zero-order valence-electron chi connectivity index (χ0n) is 10.4. The summed E-state index contributed by atoms with van der Waals surface area (Å²) >= 11 is 0. The number of H-pyrrole nitrogens is 1. The Hall–Kier alpha value is -1.73. The van der Waals surface area contributed by atoms with Crippen LogP contribution in [0.2, 0.25) is 0 Å². The largest absolute Gasteiger partial charge is 0.281 e. The van der Waals surface area contributed by atoms with Gasteiger partial charge >= 0.3 is 0 Å². The molecule has 19 heavy (non-hydrogen) atoms. The molecular weight excluding hydrogens is 269 g/mol. The van der Waals surface area contributed by atoms with E-state index in [1.165, 1.54) is 18.3 Å². The number of hydrogen-bond donors (Lipinski definition) is 2. The third-order valence-electron chi connectivity index (χ3n) is 2.67. The van der Waals surface area contributed by atoms with Gasteiger partial charge in [0.05, 0.1) is 11.9 Å². The second-order valence-corrected chi connectivity index (χ2v) is 5.87. The fourth-order valence-electron chi connectivity index (χ4n) is 1.71. The minimum atomic E-state index is -3.57. The normalized spacial score (nSPS) is 11.7. The summed E-state index contributed by atoms with van der Waals surface area (Å²) in [5.41, 5.74) is 1.23. The van der Waals surface area contributed by atoms with E-state index in [-0.39, 0.29) is 17.3 Å². The van der Waals surface area contributed by atoms with E-state index in [0.717, 1.165) is 5.56 Å². The first-order chi connectivity index (χ1) is 8.99. The molecule has 0 aliphatic heterocycles. The van der Waals surface area contributed by atoms with Crippen molar-refractivity contribution < 1.29 is 12.8 Å². The highest BCUT2D eigenvalue weighted by Gasteiger charge is 2.17. The standard InChI is InChI=1S/C12H14FN3O2S/c1-9-12(8-14-16-9)19(17,18)15-6-5-10-3-2-4-11(13)7-10/h2-4,7-8,15H,5-6H2,1H3,(H,14,16). The van der Waals surface area contributed by atoms with Crippen molar-refractivity contribution in [3.8, 4) is 0 Å². The lowest BCUT2D eigenvalue weighted by atomic mass is 10.1. The number of hydrogen-bond acceptors (Lipinski definition) is 3. The van der Waals surface area contributed by atoms with Crippen LogP contribution in [0, 0.1) is 12.7 Å². The molecule has 7 heteroatoms. The second kappa shape index (κ2) is 5.50. The Kier molecular flexibility index (Phi) is 3.96. The highest BCUT2D eigenvalue weighted by atomic mass is 32.2. The number of nitrogens with zero attached hydrogens (tertiary/aromatic N) is 1. The molecule has 1 heterocycles. The van der Waals surface area contributed by atoms with E-state index in [1.807, 2.05) is 0 Å². The van der Waals surface area contributed by atoms with Crippen LogP contribution in [0.4, 0.5) is 4.39 Å². The quantitative estimate of drug-likeness (QED) is 0.870. The Morgan fingerprint density at radius 2 is 2.21 bits per heavy atom. The van der Waals surface area contributed by atoms with Crippen LogP contribution in [0.5, 0.6) is 0 Å². The van der Waals surface area contributed by atoms with Gasteiger partial charge in [0.2, 0.25) is 10.0 Å². The zero-order valence-corrected chi connectivity index (χ0v) is 11.2. The number of aromatic nitrogens is 2. The molecule has 0 fully saturated rings. The lowest BCUT2D eigenvalue weighted by Crippen LogP contribution is -2.26. The molecule has 2 N–H and O–H groups in total. The fourth-order valence-corrected chi connectivity index (χ4v) is 2.88. The van der Waals surface area contributed by atoms with Crippen LogP contribution in [-0.4, -0.2) is 25.2 Å².